The Morgan fingerprint density at radius 2 is 0.634 bits per heavy atom. The highest BCUT2D eigenvalue weighted by molar-refractivity contribution is 5.92. The van der Waals surface area contributed by atoms with Gasteiger partial charge >= 0.3 is 0 Å². The Morgan fingerprint density at radius 1 is 0.310 bits per heavy atom. The van der Waals surface area contributed by atoms with Gasteiger partial charge in [-0.25, -0.2) is 0 Å². The predicted octanol–water partition coefficient (Wildman–Crippen LogP) is 18.7. The quantitative estimate of drug-likeness (QED) is 0.0950. The summed E-state index contributed by atoms with van der Waals surface area (Å²) in [6.07, 6.45) is 8.44. The van der Waals surface area contributed by atoms with Crippen molar-refractivity contribution in [3.63, 3.8) is 0 Å². The van der Waals surface area contributed by atoms with Gasteiger partial charge in [-0.15, -0.1) is 0 Å². The summed E-state index contributed by atoms with van der Waals surface area (Å²) in [6.45, 7) is 4.87. The zero-order chi connectivity index (χ0) is 47.8. The fourth-order valence-electron chi connectivity index (χ4n) is 9.55. The minimum atomic E-state index is 0.637. The van der Waals surface area contributed by atoms with Crippen LogP contribution in [0.25, 0.3) is 32.3 Å². The second-order valence-electron chi connectivity index (χ2n) is 17.5. The number of rotatable bonds is 15. The first kappa shape index (κ1) is 44.1. The van der Waals surface area contributed by atoms with E-state index < -0.39 is 0 Å². The van der Waals surface area contributed by atoms with Crippen LogP contribution >= 0.6 is 0 Å². The van der Waals surface area contributed by atoms with Crippen LogP contribution < -0.4 is 19.6 Å². The molecule has 0 amide bonds. The lowest BCUT2D eigenvalue weighted by Gasteiger charge is -2.30. The number of benzene rings is 11. The van der Waals surface area contributed by atoms with E-state index in [-0.39, 0.29) is 0 Å². The molecule has 0 radical (unpaired) electrons. The van der Waals surface area contributed by atoms with Gasteiger partial charge in [-0.2, -0.15) is 0 Å². The van der Waals surface area contributed by atoms with Crippen LogP contribution in [-0.2, 0) is 0 Å². The van der Waals surface area contributed by atoms with Crippen LogP contribution in [0.5, 0.6) is 0 Å². The summed E-state index contributed by atoms with van der Waals surface area (Å²) < 4.78 is 0. The molecule has 0 bridgehead atoms. The van der Waals surface area contributed by atoms with Crippen molar-refractivity contribution in [3.05, 3.63) is 304 Å². The molecule has 0 saturated heterocycles. The van der Waals surface area contributed by atoms with E-state index >= 15 is 0 Å². The van der Waals surface area contributed by atoms with Crippen LogP contribution in [0, 0.1) is 0 Å². The minimum Gasteiger partial charge on any atom is -0.338 e. The first-order chi connectivity index (χ1) is 35.2. The topological polar surface area (TPSA) is 13.0 Å². The molecule has 0 aromatic heterocycles. The average Bonchev–Trinajstić information content (AvgIpc) is 3.44. The van der Waals surface area contributed by atoms with Crippen molar-refractivity contribution in [2.75, 3.05) is 26.1 Å². The molecule has 71 heavy (non-hydrogen) atoms. The summed E-state index contributed by atoms with van der Waals surface area (Å²) in [4.78, 5) is 9.33. The van der Waals surface area contributed by atoms with Crippen molar-refractivity contribution < 1.29 is 0 Å². The molecule has 0 spiro atoms. The maximum Gasteiger partial charge on any atom is 0.0468 e. The molecule has 340 valence electrons. The average molecular weight is 913 g/mol. The molecule has 0 fully saturated rings. The van der Waals surface area contributed by atoms with Gasteiger partial charge in [-0.3, -0.25) is 0 Å². The van der Waals surface area contributed by atoms with Gasteiger partial charge in [0, 0.05) is 69.1 Å². The van der Waals surface area contributed by atoms with Crippen molar-refractivity contribution in [1.82, 2.24) is 0 Å². The monoisotopic (exact) mass is 912 g/mol. The maximum absolute atomic E-state index is 4.23. The molecule has 11 aromatic carbocycles. The third-order valence-electron chi connectivity index (χ3n) is 13.0. The Balaban J connectivity index is 0.997. The summed E-state index contributed by atoms with van der Waals surface area (Å²) in [7, 11) is 0. The number of hydrogen-bond donors (Lipinski definition) is 0. The second kappa shape index (κ2) is 20.5. The van der Waals surface area contributed by atoms with E-state index in [1.54, 1.807) is 0 Å². The van der Waals surface area contributed by atoms with Crippen LogP contribution in [0.15, 0.2) is 304 Å². The molecule has 0 aliphatic heterocycles. The summed E-state index contributed by atoms with van der Waals surface area (Å²) in [5.41, 5.74) is 11.7. The number of hydrogen-bond acceptors (Lipinski definition) is 4. The van der Waals surface area contributed by atoms with E-state index in [0.29, 0.717) is 6.54 Å². The first-order valence-corrected chi connectivity index (χ1v) is 24.2. The van der Waals surface area contributed by atoms with Gasteiger partial charge in [-0.05, 0) is 166 Å². The third-order valence-corrected chi connectivity index (χ3v) is 13.0. The Labute approximate surface area is 416 Å². The number of fused-ring (bicyclic) bond motifs is 3. The molecule has 0 aliphatic carbocycles. The molecule has 0 heterocycles. The van der Waals surface area contributed by atoms with E-state index in [0.717, 1.165) is 62.6 Å². The Bertz CT molecular complexity index is 3470. The molecule has 4 nitrogen and oxygen atoms in total. The van der Waals surface area contributed by atoms with Gasteiger partial charge in [0.15, 0.2) is 0 Å². The zero-order valence-corrected chi connectivity index (χ0v) is 39.4. The molecular weight excluding hydrogens is 861 g/mol. The summed E-state index contributed by atoms with van der Waals surface area (Å²) in [5.74, 6) is 0. The molecule has 0 saturated carbocycles. The number of nitrogens with zero attached hydrogens (tertiary/aromatic N) is 4. The van der Waals surface area contributed by atoms with E-state index in [4.69, 9.17) is 0 Å². The largest absolute Gasteiger partial charge is 0.338 e. The Hall–Kier alpha value is -9.38. The number of para-hydroxylation sites is 3. The van der Waals surface area contributed by atoms with Crippen molar-refractivity contribution in [1.29, 1.82) is 0 Å². The number of anilines is 10. The van der Waals surface area contributed by atoms with E-state index in [1.807, 2.05) is 6.08 Å². The van der Waals surface area contributed by atoms with Gasteiger partial charge in [0.25, 0.3) is 0 Å². The van der Waals surface area contributed by atoms with Gasteiger partial charge in [0.1, 0.15) is 0 Å². The van der Waals surface area contributed by atoms with Crippen LogP contribution in [0.3, 0.4) is 0 Å². The summed E-state index contributed by atoms with van der Waals surface area (Å²) in [5, 5.41) is 7.24. The highest BCUT2D eigenvalue weighted by Gasteiger charge is 2.19. The second-order valence-corrected chi connectivity index (χ2v) is 17.5. The fraction of sp³-hybridized carbons (Fsp3) is 0.0149. The van der Waals surface area contributed by atoms with E-state index in [1.165, 1.54) is 32.3 Å². The number of allylic oxidation sites excluding steroid dienone is 3. The molecule has 0 unspecified atom stereocenters. The molecular formula is C67H52N4. The lowest BCUT2D eigenvalue weighted by atomic mass is 10.1. The lowest BCUT2D eigenvalue weighted by Crippen LogP contribution is -2.18. The van der Waals surface area contributed by atoms with Crippen LogP contribution in [0.2, 0.25) is 0 Å². The Kier molecular flexibility index (Phi) is 12.7. The van der Waals surface area contributed by atoms with E-state index in [2.05, 4.69) is 311 Å². The fourth-order valence-corrected chi connectivity index (χ4v) is 9.55. The normalized spacial score (nSPS) is 11.5. The molecule has 0 aliphatic rings. The van der Waals surface area contributed by atoms with Crippen molar-refractivity contribution in [2.24, 2.45) is 0 Å². The first-order valence-electron chi connectivity index (χ1n) is 24.2. The molecule has 11 aromatic rings. The van der Waals surface area contributed by atoms with Crippen molar-refractivity contribution in [3.8, 4) is 0 Å². The van der Waals surface area contributed by atoms with Gasteiger partial charge in [0.05, 0.1) is 0 Å². The highest BCUT2D eigenvalue weighted by Crippen LogP contribution is 2.41. The smallest absolute Gasteiger partial charge is 0.0468 e. The van der Waals surface area contributed by atoms with Gasteiger partial charge in [-0.1, -0.05) is 164 Å². The van der Waals surface area contributed by atoms with Crippen LogP contribution in [0.4, 0.5) is 56.9 Å². The summed E-state index contributed by atoms with van der Waals surface area (Å²) >= 11 is 0. The van der Waals surface area contributed by atoms with Crippen molar-refractivity contribution >= 4 is 89.2 Å². The minimum absolute atomic E-state index is 0.637. The van der Waals surface area contributed by atoms with E-state index in [9.17, 15) is 0 Å². The molecule has 4 heteroatoms. The molecule has 0 atom stereocenters. The third kappa shape index (κ3) is 9.56. The Morgan fingerprint density at radius 3 is 1.06 bits per heavy atom. The molecule has 11 rings (SSSR count). The van der Waals surface area contributed by atoms with Crippen LogP contribution in [-0.4, -0.2) is 6.54 Å². The van der Waals surface area contributed by atoms with Crippen molar-refractivity contribution in [2.45, 2.75) is 0 Å². The zero-order valence-electron chi connectivity index (χ0n) is 39.4. The van der Waals surface area contributed by atoms with Gasteiger partial charge in [0.2, 0.25) is 0 Å². The maximum atomic E-state index is 4.23. The summed E-state index contributed by atoms with van der Waals surface area (Å²) in [6, 6.07) is 95.3. The molecule has 0 N–H and O–H groups in total. The SMILES string of the molecule is C=C/C=C(\C=C/CN(c1ccccc1)c1ccc2ccccc2c1)N(c1ccc(N(c2ccccc2)c2ccc3ccccc3c2)cc1)c1ccc(N(c2ccccc2)c2ccc3ccccc3c2)cc1. The highest BCUT2D eigenvalue weighted by atomic mass is 15.2. The lowest BCUT2D eigenvalue weighted by molar-refractivity contribution is 1.09. The van der Waals surface area contributed by atoms with Gasteiger partial charge < -0.3 is 19.6 Å². The standard InChI is InChI=1S/C67H52N4/c1-2-19-58(32-18-47-68(57-26-6-3-7-27-57)65-36-33-51-20-12-15-23-54(51)48-65)69(61-39-43-63(44-40-61)70(59-28-8-4-9-29-59)66-37-34-52-21-13-16-24-55(52)49-66)62-41-45-64(46-42-62)71(60-30-10-5-11-31-60)67-38-35-53-22-14-17-25-56(53)50-67/h2-46,48-50H,1,47H2/b32-18-,58-19+. The van der Waals surface area contributed by atoms with Crippen LogP contribution in [0.1, 0.15) is 0 Å². The predicted molar refractivity (Wildman–Crippen MR) is 304 cm³/mol.